The molecule has 2 N–H and O–H groups in total. The van der Waals surface area contributed by atoms with Gasteiger partial charge in [0.15, 0.2) is 10.9 Å². The van der Waals surface area contributed by atoms with Gasteiger partial charge in [-0.1, -0.05) is 60.1 Å². The van der Waals surface area contributed by atoms with E-state index in [4.69, 9.17) is 16.6 Å². The fraction of sp³-hybridized carbons (Fsp3) is 0.182. The molecule has 0 fully saturated rings. The number of carbonyl (C=O) groups excluding carboxylic acids is 1. The van der Waals surface area contributed by atoms with Crippen LogP contribution < -0.4 is 10.6 Å². The first kappa shape index (κ1) is 20.3. The largest absolute Gasteiger partial charge is 0.451 e. The molecule has 0 aliphatic carbocycles. The van der Waals surface area contributed by atoms with Crippen molar-refractivity contribution in [2.75, 3.05) is 5.32 Å². The Labute approximate surface area is 178 Å². The molecule has 1 atom stereocenters. The van der Waals surface area contributed by atoms with Crippen molar-refractivity contribution < 1.29 is 9.21 Å². The summed E-state index contributed by atoms with van der Waals surface area (Å²) in [5.74, 6) is 0.832. The standard InChI is InChI=1S/C22H21BrN2O2S/c1-3-14(2)17-6-4-5-7-18(17)24-22(28)25-21(26)20-13-12-19(27-20)15-8-10-16(23)11-9-15/h4-14H,3H2,1-2H3,(H2,24,25,26,28)/t14-/m0/s1. The van der Waals surface area contributed by atoms with Crippen LogP contribution in [0.4, 0.5) is 5.69 Å². The number of halogens is 1. The molecule has 0 saturated heterocycles. The molecule has 4 nitrogen and oxygen atoms in total. The second-order valence-electron chi connectivity index (χ2n) is 6.48. The Balaban J connectivity index is 1.67. The summed E-state index contributed by atoms with van der Waals surface area (Å²) >= 11 is 8.72. The molecule has 1 aromatic heterocycles. The number of thiocarbonyl (C=S) groups is 1. The van der Waals surface area contributed by atoms with E-state index in [0.717, 1.165) is 27.7 Å². The van der Waals surface area contributed by atoms with E-state index in [1.165, 1.54) is 0 Å². The highest BCUT2D eigenvalue weighted by Gasteiger charge is 2.15. The van der Waals surface area contributed by atoms with Gasteiger partial charge in [-0.2, -0.15) is 0 Å². The zero-order chi connectivity index (χ0) is 20.1. The summed E-state index contributed by atoms with van der Waals surface area (Å²) in [5.41, 5.74) is 2.96. The zero-order valence-electron chi connectivity index (χ0n) is 15.7. The third-order valence-corrected chi connectivity index (χ3v) is 5.27. The second-order valence-corrected chi connectivity index (χ2v) is 7.80. The number of benzene rings is 2. The van der Waals surface area contributed by atoms with Crippen molar-refractivity contribution in [2.45, 2.75) is 26.2 Å². The number of rotatable bonds is 5. The van der Waals surface area contributed by atoms with Gasteiger partial charge < -0.3 is 9.73 Å². The van der Waals surface area contributed by atoms with Gasteiger partial charge in [0.1, 0.15) is 5.76 Å². The maximum absolute atomic E-state index is 12.5. The molecular weight excluding hydrogens is 436 g/mol. The Bertz CT molecular complexity index is 982. The fourth-order valence-electron chi connectivity index (χ4n) is 2.81. The molecule has 28 heavy (non-hydrogen) atoms. The summed E-state index contributed by atoms with van der Waals surface area (Å²) in [4.78, 5) is 12.5. The molecule has 0 aliphatic rings. The van der Waals surface area contributed by atoms with Gasteiger partial charge in [0, 0.05) is 15.7 Å². The smallest absolute Gasteiger partial charge is 0.293 e. The average molecular weight is 457 g/mol. The minimum absolute atomic E-state index is 0.206. The van der Waals surface area contributed by atoms with Gasteiger partial charge in [0.05, 0.1) is 0 Å². The number of nitrogens with one attached hydrogen (secondary N) is 2. The van der Waals surface area contributed by atoms with E-state index in [-0.39, 0.29) is 16.8 Å². The predicted molar refractivity (Wildman–Crippen MR) is 121 cm³/mol. The molecule has 1 heterocycles. The lowest BCUT2D eigenvalue weighted by molar-refractivity contribution is 0.0951. The van der Waals surface area contributed by atoms with Gasteiger partial charge in [-0.3, -0.25) is 10.1 Å². The fourth-order valence-corrected chi connectivity index (χ4v) is 3.27. The molecule has 6 heteroatoms. The van der Waals surface area contributed by atoms with E-state index >= 15 is 0 Å². The first-order chi connectivity index (χ1) is 13.5. The molecule has 144 valence electrons. The highest BCUT2D eigenvalue weighted by Crippen LogP contribution is 2.27. The van der Waals surface area contributed by atoms with Crippen molar-refractivity contribution >= 4 is 44.9 Å². The van der Waals surface area contributed by atoms with E-state index < -0.39 is 0 Å². The number of carbonyl (C=O) groups is 1. The molecule has 0 radical (unpaired) electrons. The van der Waals surface area contributed by atoms with Crippen LogP contribution in [-0.2, 0) is 0 Å². The molecule has 3 aromatic rings. The summed E-state index contributed by atoms with van der Waals surface area (Å²) in [6.07, 6.45) is 1.02. The lowest BCUT2D eigenvalue weighted by Gasteiger charge is -2.16. The molecule has 0 unspecified atom stereocenters. The number of hydrogen-bond donors (Lipinski definition) is 2. The maximum atomic E-state index is 12.5. The Kier molecular flexibility index (Phi) is 6.65. The van der Waals surface area contributed by atoms with E-state index in [1.54, 1.807) is 12.1 Å². The van der Waals surface area contributed by atoms with Crippen molar-refractivity contribution in [1.82, 2.24) is 5.32 Å². The summed E-state index contributed by atoms with van der Waals surface area (Å²) in [6.45, 7) is 4.30. The van der Waals surface area contributed by atoms with Crippen LogP contribution in [0.3, 0.4) is 0 Å². The van der Waals surface area contributed by atoms with Gasteiger partial charge in [0.25, 0.3) is 5.91 Å². The van der Waals surface area contributed by atoms with Gasteiger partial charge in [-0.05, 0) is 60.5 Å². The Morgan fingerprint density at radius 2 is 1.82 bits per heavy atom. The van der Waals surface area contributed by atoms with E-state index in [9.17, 15) is 4.79 Å². The van der Waals surface area contributed by atoms with Crippen molar-refractivity contribution in [2.24, 2.45) is 0 Å². The number of anilines is 1. The van der Waals surface area contributed by atoms with Crippen LogP contribution in [0.15, 0.2) is 69.6 Å². The number of furan rings is 1. The molecule has 0 spiro atoms. The van der Waals surface area contributed by atoms with Crippen molar-refractivity contribution in [3.63, 3.8) is 0 Å². The number of para-hydroxylation sites is 1. The molecular formula is C22H21BrN2O2S. The average Bonchev–Trinajstić information content (AvgIpc) is 3.18. The molecule has 0 aliphatic heterocycles. The Morgan fingerprint density at radius 3 is 2.54 bits per heavy atom. The lowest BCUT2D eigenvalue weighted by atomic mass is 9.97. The minimum atomic E-state index is -0.387. The monoisotopic (exact) mass is 456 g/mol. The third kappa shape index (κ3) is 4.88. The molecule has 0 bridgehead atoms. The first-order valence-electron chi connectivity index (χ1n) is 9.05. The predicted octanol–water partition coefficient (Wildman–Crippen LogP) is 6.35. The second kappa shape index (κ2) is 9.17. The van der Waals surface area contributed by atoms with Crippen LogP contribution >= 0.6 is 28.1 Å². The zero-order valence-corrected chi connectivity index (χ0v) is 18.1. The van der Waals surface area contributed by atoms with Crippen LogP contribution in [-0.4, -0.2) is 11.0 Å². The van der Waals surface area contributed by atoms with Gasteiger partial charge in [-0.15, -0.1) is 0 Å². The van der Waals surface area contributed by atoms with Crippen LogP contribution in [0, 0.1) is 0 Å². The summed E-state index contributed by atoms with van der Waals surface area (Å²) in [6, 6.07) is 19.1. The van der Waals surface area contributed by atoms with Gasteiger partial charge in [-0.25, -0.2) is 0 Å². The van der Waals surface area contributed by atoms with Crippen molar-refractivity contribution in [3.05, 3.63) is 76.5 Å². The first-order valence-corrected chi connectivity index (χ1v) is 10.2. The van der Waals surface area contributed by atoms with Crippen molar-refractivity contribution in [3.8, 4) is 11.3 Å². The highest BCUT2D eigenvalue weighted by molar-refractivity contribution is 9.10. The van der Waals surface area contributed by atoms with Gasteiger partial charge in [0.2, 0.25) is 0 Å². The van der Waals surface area contributed by atoms with Crippen molar-refractivity contribution in [1.29, 1.82) is 0 Å². The normalized spacial score (nSPS) is 11.7. The van der Waals surface area contributed by atoms with Crippen LogP contribution in [0.2, 0.25) is 0 Å². The SMILES string of the molecule is CC[C@H](C)c1ccccc1NC(=S)NC(=O)c1ccc(-c2ccc(Br)cc2)o1. The third-order valence-electron chi connectivity index (χ3n) is 4.54. The topological polar surface area (TPSA) is 54.3 Å². The summed E-state index contributed by atoms with van der Waals surface area (Å²) < 4.78 is 6.67. The molecule has 2 aromatic carbocycles. The van der Waals surface area contributed by atoms with Crippen LogP contribution in [0.5, 0.6) is 0 Å². The number of amides is 1. The van der Waals surface area contributed by atoms with E-state index in [1.807, 2.05) is 42.5 Å². The molecule has 3 rings (SSSR count). The Morgan fingerprint density at radius 1 is 1.11 bits per heavy atom. The van der Waals surface area contributed by atoms with E-state index in [0.29, 0.717) is 11.7 Å². The molecule has 0 saturated carbocycles. The number of hydrogen-bond acceptors (Lipinski definition) is 3. The highest BCUT2D eigenvalue weighted by atomic mass is 79.9. The van der Waals surface area contributed by atoms with E-state index in [2.05, 4.69) is 46.5 Å². The van der Waals surface area contributed by atoms with Crippen LogP contribution in [0.1, 0.15) is 42.3 Å². The quantitative estimate of drug-likeness (QED) is 0.439. The van der Waals surface area contributed by atoms with Crippen LogP contribution in [0.25, 0.3) is 11.3 Å². The minimum Gasteiger partial charge on any atom is -0.451 e. The summed E-state index contributed by atoms with van der Waals surface area (Å²) in [7, 11) is 0. The maximum Gasteiger partial charge on any atom is 0.293 e. The summed E-state index contributed by atoms with van der Waals surface area (Å²) in [5, 5.41) is 6.04. The van der Waals surface area contributed by atoms with Gasteiger partial charge >= 0.3 is 0 Å². The molecule has 1 amide bonds. The Hall–Kier alpha value is -2.44. The lowest BCUT2D eigenvalue weighted by Crippen LogP contribution is -2.34.